The molecule has 2 aromatic heterocycles. The van der Waals surface area contributed by atoms with Crippen molar-refractivity contribution in [2.75, 3.05) is 58.6 Å². The summed E-state index contributed by atoms with van der Waals surface area (Å²) in [7, 11) is 11.9. The van der Waals surface area contributed by atoms with E-state index in [-0.39, 0.29) is 12.3 Å². The number of H-pyrrole nitrogens is 2. The van der Waals surface area contributed by atoms with Crippen LogP contribution in [0.2, 0.25) is 0 Å². The Morgan fingerprint density at radius 3 is 2.06 bits per heavy atom. The van der Waals surface area contributed by atoms with E-state index in [4.69, 9.17) is 20.0 Å². The summed E-state index contributed by atoms with van der Waals surface area (Å²) in [6.45, 7) is 2.67. The molecule has 0 aliphatic carbocycles. The molecular weight excluding hydrogens is 444 g/mol. The maximum Gasteiger partial charge on any atom is 0.210 e. The molecule has 0 saturated heterocycles. The topological polar surface area (TPSA) is 109 Å². The maximum absolute atomic E-state index is 4.93. The largest absolute Gasteiger partial charge is 0.366 e. The zero-order chi connectivity index (χ0) is 25.1. The summed E-state index contributed by atoms with van der Waals surface area (Å²) in [4.78, 5) is 35.8. The lowest BCUT2D eigenvalue weighted by atomic mass is 10.3. The van der Waals surface area contributed by atoms with E-state index in [0.717, 1.165) is 35.2 Å². The molecule has 2 aliphatic heterocycles. The first-order chi connectivity index (χ1) is 16.7. The Balaban J connectivity index is 1.59. The molecule has 0 amide bonds. The number of anilines is 2. The summed E-state index contributed by atoms with van der Waals surface area (Å²) in [5.41, 5.74) is 2.05. The van der Waals surface area contributed by atoms with Gasteiger partial charge in [-0.3, -0.25) is 10.2 Å². The Labute approximate surface area is 206 Å². The normalized spacial score (nSPS) is 19.8. The minimum Gasteiger partial charge on any atom is -0.366 e. The molecule has 12 heteroatoms. The van der Waals surface area contributed by atoms with Gasteiger partial charge in [-0.2, -0.15) is 0 Å². The first-order valence-corrected chi connectivity index (χ1v) is 11.7. The smallest absolute Gasteiger partial charge is 0.210 e. The van der Waals surface area contributed by atoms with Gasteiger partial charge >= 0.3 is 0 Å². The van der Waals surface area contributed by atoms with Crippen LogP contribution >= 0.6 is 0 Å². The first kappa shape index (κ1) is 24.2. The number of aromatic nitrogens is 2. The van der Waals surface area contributed by atoms with Crippen molar-refractivity contribution in [2.45, 2.75) is 25.7 Å². The van der Waals surface area contributed by atoms with E-state index < -0.39 is 0 Å². The van der Waals surface area contributed by atoms with Gasteiger partial charge in [0, 0.05) is 80.0 Å². The van der Waals surface area contributed by atoms with Crippen LogP contribution in [-0.4, -0.2) is 110 Å². The molecule has 4 heterocycles. The monoisotopic (exact) mass is 480 g/mol. The fraction of sp³-hybridized carbons (Fsp3) is 0.478. The van der Waals surface area contributed by atoms with Crippen LogP contribution in [0.15, 0.2) is 56.9 Å². The molecule has 2 atom stereocenters. The Kier molecular flexibility index (Phi) is 6.99. The summed E-state index contributed by atoms with van der Waals surface area (Å²) >= 11 is 0. The number of rotatable bonds is 5. The molecule has 0 aromatic carbocycles. The second-order valence-electron chi connectivity index (χ2n) is 8.99. The fourth-order valence-corrected chi connectivity index (χ4v) is 4.01. The van der Waals surface area contributed by atoms with Crippen LogP contribution in [-0.2, 0) is 0 Å². The van der Waals surface area contributed by atoms with Crippen LogP contribution in [0.4, 0.5) is 11.4 Å². The van der Waals surface area contributed by atoms with E-state index in [0.29, 0.717) is 13.0 Å². The van der Waals surface area contributed by atoms with Crippen LogP contribution in [0.3, 0.4) is 0 Å². The standard InChI is InChI=1S/C23H36N12/c1-16-26-22(32(4)5)34(7)23(27-16)35(18-9-12-25-15-18)13-10-19-28-20(31(2)3)30-21(29-19)33(6)17-8-11-24-14-17/h8-9,11-12,14-16,19,24-25H,10,13H2,1-7H3,(H,28,29,30). The third-order valence-corrected chi connectivity index (χ3v) is 5.83. The predicted octanol–water partition coefficient (Wildman–Crippen LogP) is 1.44. The van der Waals surface area contributed by atoms with Gasteiger partial charge in [-0.05, 0) is 19.1 Å². The van der Waals surface area contributed by atoms with Crippen LogP contribution in [0.25, 0.3) is 0 Å². The van der Waals surface area contributed by atoms with E-state index in [9.17, 15) is 0 Å². The predicted molar refractivity (Wildman–Crippen MR) is 143 cm³/mol. The van der Waals surface area contributed by atoms with Crippen molar-refractivity contribution in [3.63, 3.8) is 0 Å². The van der Waals surface area contributed by atoms with Gasteiger partial charge in [0.05, 0.1) is 11.4 Å². The lowest BCUT2D eigenvalue weighted by molar-refractivity contribution is 0.495. The number of aromatic amines is 2. The van der Waals surface area contributed by atoms with Crippen LogP contribution in [0.5, 0.6) is 0 Å². The Morgan fingerprint density at radius 1 is 0.829 bits per heavy atom. The van der Waals surface area contributed by atoms with E-state index in [1.165, 1.54) is 0 Å². The highest BCUT2D eigenvalue weighted by Gasteiger charge is 2.29. The highest BCUT2D eigenvalue weighted by Crippen LogP contribution is 2.21. The fourth-order valence-electron chi connectivity index (χ4n) is 4.01. The molecule has 35 heavy (non-hydrogen) atoms. The van der Waals surface area contributed by atoms with Crippen molar-refractivity contribution >= 4 is 35.2 Å². The van der Waals surface area contributed by atoms with Gasteiger partial charge in [0.2, 0.25) is 23.8 Å². The highest BCUT2D eigenvalue weighted by atomic mass is 15.5. The summed E-state index contributed by atoms with van der Waals surface area (Å²) in [5.74, 6) is 3.24. The van der Waals surface area contributed by atoms with Crippen LogP contribution in [0, 0.1) is 0 Å². The summed E-state index contributed by atoms with van der Waals surface area (Å²) in [6, 6.07) is 4.06. The van der Waals surface area contributed by atoms with Gasteiger partial charge in [0.15, 0.2) is 0 Å². The number of nitrogens with one attached hydrogen (secondary N) is 3. The molecule has 4 rings (SSSR count). The second-order valence-corrected chi connectivity index (χ2v) is 8.99. The van der Waals surface area contributed by atoms with Crippen molar-refractivity contribution < 1.29 is 0 Å². The average Bonchev–Trinajstić information content (AvgIpc) is 3.55. The average molecular weight is 481 g/mol. The highest BCUT2D eigenvalue weighted by molar-refractivity contribution is 6.08. The molecule has 0 spiro atoms. The number of aliphatic imine (C=N–C) groups is 4. The molecule has 0 radical (unpaired) electrons. The molecule has 2 aromatic rings. The zero-order valence-electron chi connectivity index (χ0n) is 21.6. The van der Waals surface area contributed by atoms with Crippen molar-refractivity contribution in [3.8, 4) is 0 Å². The molecule has 0 fully saturated rings. The number of hydrogen-bond donors (Lipinski definition) is 3. The molecule has 12 nitrogen and oxygen atoms in total. The molecule has 2 aliphatic rings. The van der Waals surface area contributed by atoms with Crippen LogP contribution in [0.1, 0.15) is 13.3 Å². The Bertz CT molecular complexity index is 1090. The minimum absolute atomic E-state index is 0.170. The molecule has 0 bridgehead atoms. The van der Waals surface area contributed by atoms with Gasteiger partial charge < -0.3 is 29.6 Å². The number of nitrogens with zero attached hydrogens (tertiary/aromatic N) is 9. The van der Waals surface area contributed by atoms with E-state index in [1.54, 1.807) is 0 Å². The molecule has 3 N–H and O–H groups in total. The van der Waals surface area contributed by atoms with Gasteiger partial charge in [0.1, 0.15) is 12.3 Å². The lowest BCUT2D eigenvalue weighted by Crippen LogP contribution is -2.53. The van der Waals surface area contributed by atoms with E-state index >= 15 is 0 Å². The van der Waals surface area contributed by atoms with Crippen molar-refractivity contribution in [2.24, 2.45) is 20.0 Å². The van der Waals surface area contributed by atoms with Gasteiger partial charge in [-0.25, -0.2) is 20.0 Å². The van der Waals surface area contributed by atoms with Crippen molar-refractivity contribution in [1.29, 1.82) is 0 Å². The number of guanidine groups is 4. The third kappa shape index (κ3) is 5.26. The summed E-state index contributed by atoms with van der Waals surface area (Å²) < 4.78 is 0. The van der Waals surface area contributed by atoms with Gasteiger partial charge in [-0.1, -0.05) is 0 Å². The molecule has 188 valence electrons. The zero-order valence-corrected chi connectivity index (χ0v) is 21.6. The summed E-state index contributed by atoms with van der Waals surface area (Å²) in [5, 5.41) is 3.35. The van der Waals surface area contributed by atoms with Crippen LogP contribution < -0.4 is 15.1 Å². The minimum atomic E-state index is -0.250. The maximum atomic E-state index is 4.93. The summed E-state index contributed by atoms with van der Waals surface area (Å²) in [6.07, 6.45) is 8.02. The van der Waals surface area contributed by atoms with Crippen molar-refractivity contribution in [3.05, 3.63) is 36.9 Å². The Hall–Kier alpha value is -3.96. The Morgan fingerprint density at radius 2 is 1.46 bits per heavy atom. The SMILES string of the molecule is CC1N=C(N(C)C)N(C)C(N(CCC2N=C(N(C)C)NC(N(C)c3cc[nH]c3)=N2)c2cc[nH]c2)=N1. The van der Waals surface area contributed by atoms with Gasteiger partial charge in [0.25, 0.3) is 0 Å². The van der Waals surface area contributed by atoms with Crippen molar-refractivity contribution in [1.82, 2.24) is 30.0 Å². The molecular formula is C23H36N12. The van der Waals surface area contributed by atoms with E-state index in [2.05, 4.69) is 20.2 Å². The quantitative estimate of drug-likeness (QED) is 0.598. The molecule has 2 unspecified atom stereocenters. The second kappa shape index (κ2) is 10.1. The lowest BCUT2D eigenvalue weighted by Gasteiger charge is -2.37. The van der Waals surface area contributed by atoms with E-state index in [1.807, 2.05) is 106 Å². The first-order valence-electron chi connectivity index (χ1n) is 11.7. The van der Waals surface area contributed by atoms with Gasteiger partial charge in [-0.15, -0.1) is 0 Å². The third-order valence-electron chi connectivity index (χ3n) is 5.83. The number of hydrogen-bond acceptors (Lipinski definition) is 10. The molecule has 0 saturated carbocycles.